The van der Waals surface area contributed by atoms with E-state index in [1.54, 1.807) is 42.0 Å². The van der Waals surface area contributed by atoms with Crippen molar-refractivity contribution in [2.75, 3.05) is 44.5 Å². The van der Waals surface area contributed by atoms with E-state index in [1.165, 1.54) is 17.2 Å². The molecule has 0 aliphatic heterocycles. The summed E-state index contributed by atoms with van der Waals surface area (Å²) in [6.07, 6.45) is 6.38. The third-order valence-electron chi connectivity index (χ3n) is 5.23. The average Bonchev–Trinajstić information content (AvgIpc) is 3.54. The van der Waals surface area contributed by atoms with Gasteiger partial charge in [-0.2, -0.15) is 19.7 Å². The number of likely N-dealkylation sites (N-methyl/N-ethyl adjacent to an activating group) is 1. The van der Waals surface area contributed by atoms with Crippen molar-refractivity contribution >= 4 is 29.1 Å². The Bertz CT molecular complexity index is 1300. The normalized spacial score (nSPS) is 10.7. The van der Waals surface area contributed by atoms with Crippen LogP contribution in [0.25, 0.3) is 5.78 Å². The highest BCUT2D eigenvalue weighted by Crippen LogP contribution is 2.17. The lowest BCUT2D eigenvalue weighted by molar-refractivity contribution is -0.131. The Kier molecular flexibility index (Phi) is 7.90. The van der Waals surface area contributed by atoms with Gasteiger partial charge in [-0.1, -0.05) is 0 Å². The van der Waals surface area contributed by atoms with Gasteiger partial charge in [0.25, 0.3) is 5.78 Å². The van der Waals surface area contributed by atoms with Crippen molar-refractivity contribution in [3.05, 3.63) is 55.2 Å². The Labute approximate surface area is 207 Å². The predicted molar refractivity (Wildman–Crippen MR) is 131 cm³/mol. The maximum absolute atomic E-state index is 12.5. The summed E-state index contributed by atoms with van der Waals surface area (Å²) < 4.78 is 13.8. The number of carbonyl (C=O) groups is 2. The SMILES string of the molecule is COc1ccc(OCCN(C)C(=O)Cn2cc(NC(=O)CCNc3ccnc4ncnn34)cn2)cc1. The number of nitrogens with one attached hydrogen (secondary N) is 2. The molecule has 0 fully saturated rings. The number of methoxy groups -OCH3 is 1. The number of benzene rings is 1. The summed E-state index contributed by atoms with van der Waals surface area (Å²) >= 11 is 0. The summed E-state index contributed by atoms with van der Waals surface area (Å²) in [4.78, 5) is 34.5. The fraction of sp³-hybridized carbons (Fsp3) is 0.304. The van der Waals surface area contributed by atoms with Crippen LogP contribution in [0.5, 0.6) is 11.5 Å². The van der Waals surface area contributed by atoms with Gasteiger partial charge in [0.05, 0.1) is 25.5 Å². The second-order valence-corrected chi connectivity index (χ2v) is 7.79. The molecule has 2 amide bonds. The number of aromatic nitrogens is 6. The van der Waals surface area contributed by atoms with Crippen LogP contribution in [0.15, 0.2) is 55.2 Å². The van der Waals surface area contributed by atoms with E-state index in [0.29, 0.717) is 42.7 Å². The van der Waals surface area contributed by atoms with Crippen molar-refractivity contribution in [3.8, 4) is 11.5 Å². The molecule has 3 aromatic heterocycles. The average molecular weight is 494 g/mol. The number of ether oxygens (including phenoxy) is 2. The maximum atomic E-state index is 12.5. The standard InChI is InChI=1S/C23H27N9O4/c1-30(11-12-36-19-5-3-18(35-2)4-6-19)22(34)15-31-14-17(13-27-31)29-21(33)8-10-24-20-7-9-25-23-26-16-28-32(20)23/h3-7,9,13-14,16,24H,8,10-12,15H2,1-2H3,(H,29,33). The molecule has 13 nitrogen and oxygen atoms in total. The monoisotopic (exact) mass is 493 g/mol. The van der Waals surface area contributed by atoms with Crippen molar-refractivity contribution in [3.63, 3.8) is 0 Å². The third kappa shape index (κ3) is 6.46. The quantitative estimate of drug-likeness (QED) is 0.299. The van der Waals surface area contributed by atoms with Gasteiger partial charge in [-0.25, -0.2) is 4.98 Å². The molecule has 0 bridgehead atoms. The van der Waals surface area contributed by atoms with Crippen molar-refractivity contribution in [1.29, 1.82) is 0 Å². The molecular weight excluding hydrogens is 466 g/mol. The Morgan fingerprint density at radius 1 is 1.08 bits per heavy atom. The fourth-order valence-electron chi connectivity index (χ4n) is 3.27. The molecular formula is C23H27N9O4. The summed E-state index contributed by atoms with van der Waals surface area (Å²) in [5.74, 6) is 2.30. The van der Waals surface area contributed by atoms with Crippen LogP contribution >= 0.6 is 0 Å². The van der Waals surface area contributed by atoms with Gasteiger partial charge in [-0.3, -0.25) is 14.3 Å². The van der Waals surface area contributed by atoms with E-state index in [1.807, 2.05) is 24.3 Å². The minimum absolute atomic E-state index is 0.0480. The van der Waals surface area contributed by atoms with Crippen LogP contribution in [0, 0.1) is 0 Å². The highest BCUT2D eigenvalue weighted by molar-refractivity contribution is 5.90. The van der Waals surface area contributed by atoms with Crippen molar-refractivity contribution in [2.45, 2.75) is 13.0 Å². The number of nitrogens with zero attached hydrogens (tertiary/aromatic N) is 7. The molecule has 0 aliphatic rings. The van der Waals surface area contributed by atoms with Gasteiger partial charge in [0.1, 0.15) is 36.8 Å². The van der Waals surface area contributed by atoms with E-state index in [4.69, 9.17) is 9.47 Å². The van der Waals surface area contributed by atoms with Crippen LogP contribution < -0.4 is 20.1 Å². The van der Waals surface area contributed by atoms with Gasteiger partial charge in [-0.15, -0.1) is 0 Å². The van der Waals surface area contributed by atoms with E-state index in [2.05, 4.69) is 30.8 Å². The van der Waals surface area contributed by atoms with E-state index >= 15 is 0 Å². The number of hydrogen-bond donors (Lipinski definition) is 2. The first-order valence-corrected chi connectivity index (χ1v) is 11.2. The van der Waals surface area contributed by atoms with Crippen LogP contribution in [-0.2, 0) is 16.1 Å². The molecule has 4 rings (SSSR count). The first-order valence-electron chi connectivity index (χ1n) is 11.2. The molecule has 4 aromatic rings. The van der Waals surface area contributed by atoms with E-state index in [9.17, 15) is 9.59 Å². The van der Waals surface area contributed by atoms with Gasteiger partial charge in [0.2, 0.25) is 11.8 Å². The van der Waals surface area contributed by atoms with E-state index in [0.717, 1.165) is 5.75 Å². The summed E-state index contributed by atoms with van der Waals surface area (Å²) in [6, 6.07) is 9.00. The number of fused-ring (bicyclic) bond motifs is 1. The summed E-state index contributed by atoms with van der Waals surface area (Å²) in [7, 11) is 3.31. The Hall–Kier alpha value is -4.68. The highest BCUT2D eigenvalue weighted by Gasteiger charge is 2.12. The largest absolute Gasteiger partial charge is 0.497 e. The minimum Gasteiger partial charge on any atom is -0.497 e. The van der Waals surface area contributed by atoms with Gasteiger partial charge in [-0.05, 0) is 30.3 Å². The molecule has 0 atom stereocenters. The lowest BCUT2D eigenvalue weighted by Crippen LogP contribution is -2.33. The molecule has 0 radical (unpaired) electrons. The number of anilines is 2. The first-order chi connectivity index (χ1) is 17.5. The molecule has 0 saturated heterocycles. The summed E-state index contributed by atoms with van der Waals surface area (Å²) in [5, 5.41) is 14.2. The molecule has 0 saturated carbocycles. The molecule has 3 heterocycles. The molecule has 0 aliphatic carbocycles. The number of amides is 2. The summed E-state index contributed by atoms with van der Waals surface area (Å²) in [6.45, 7) is 1.21. The maximum Gasteiger partial charge on any atom is 0.254 e. The lowest BCUT2D eigenvalue weighted by atomic mass is 10.3. The second-order valence-electron chi connectivity index (χ2n) is 7.79. The van der Waals surface area contributed by atoms with Crippen LogP contribution in [0.4, 0.5) is 11.5 Å². The van der Waals surface area contributed by atoms with Crippen LogP contribution in [0.1, 0.15) is 6.42 Å². The van der Waals surface area contributed by atoms with Gasteiger partial charge in [0.15, 0.2) is 0 Å². The zero-order valence-corrected chi connectivity index (χ0v) is 20.0. The van der Waals surface area contributed by atoms with Crippen LogP contribution in [0.2, 0.25) is 0 Å². The molecule has 13 heteroatoms. The second kappa shape index (κ2) is 11.6. The van der Waals surface area contributed by atoms with Crippen molar-refractivity contribution < 1.29 is 19.1 Å². The number of rotatable bonds is 12. The topological polar surface area (TPSA) is 141 Å². The molecule has 2 N–H and O–H groups in total. The molecule has 1 aromatic carbocycles. The van der Waals surface area contributed by atoms with Crippen molar-refractivity contribution in [2.24, 2.45) is 0 Å². The number of hydrogen-bond acceptors (Lipinski definition) is 9. The zero-order chi connectivity index (χ0) is 25.3. The van der Waals surface area contributed by atoms with Gasteiger partial charge >= 0.3 is 0 Å². The summed E-state index contributed by atoms with van der Waals surface area (Å²) in [5.41, 5.74) is 0.515. The Morgan fingerprint density at radius 3 is 2.69 bits per heavy atom. The third-order valence-corrected chi connectivity index (χ3v) is 5.23. The van der Waals surface area contributed by atoms with Crippen LogP contribution in [-0.4, -0.2) is 79.9 Å². The number of carbonyl (C=O) groups excluding carboxylic acids is 2. The van der Waals surface area contributed by atoms with E-state index < -0.39 is 0 Å². The highest BCUT2D eigenvalue weighted by atomic mass is 16.5. The lowest BCUT2D eigenvalue weighted by Gasteiger charge is -2.17. The smallest absolute Gasteiger partial charge is 0.254 e. The minimum atomic E-state index is -0.190. The van der Waals surface area contributed by atoms with Gasteiger partial charge in [0, 0.05) is 32.4 Å². The van der Waals surface area contributed by atoms with Crippen LogP contribution in [0.3, 0.4) is 0 Å². The van der Waals surface area contributed by atoms with Gasteiger partial charge < -0.3 is 25.0 Å². The molecule has 36 heavy (non-hydrogen) atoms. The molecule has 0 unspecified atom stereocenters. The predicted octanol–water partition coefficient (Wildman–Crippen LogP) is 1.31. The van der Waals surface area contributed by atoms with Crippen molar-refractivity contribution in [1.82, 2.24) is 34.3 Å². The fourth-order valence-corrected chi connectivity index (χ4v) is 3.27. The zero-order valence-electron chi connectivity index (χ0n) is 20.0. The molecule has 188 valence electrons. The Balaban J connectivity index is 1.16. The first kappa shape index (κ1) is 24.4. The Morgan fingerprint density at radius 2 is 1.89 bits per heavy atom. The molecule has 0 spiro atoms. The van der Waals surface area contributed by atoms with E-state index in [-0.39, 0.29) is 24.8 Å².